The van der Waals surface area contributed by atoms with E-state index in [1.165, 1.54) is 18.5 Å². The van der Waals surface area contributed by atoms with Crippen LogP contribution in [-0.4, -0.2) is 26.1 Å². The molecule has 0 unspecified atom stereocenters. The summed E-state index contributed by atoms with van der Waals surface area (Å²) in [6.45, 7) is 4.63. The molecule has 1 saturated heterocycles. The molecule has 5 heteroatoms. The molecule has 0 atom stereocenters. The summed E-state index contributed by atoms with van der Waals surface area (Å²) >= 11 is 0. The molecule has 0 saturated carbocycles. The van der Waals surface area contributed by atoms with Crippen LogP contribution in [0.1, 0.15) is 34.5 Å². The maximum Gasteiger partial charge on any atom is 0.287 e. The molecule has 1 N–H and O–H groups in total. The van der Waals surface area contributed by atoms with E-state index in [-0.39, 0.29) is 5.91 Å². The van der Waals surface area contributed by atoms with Crippen molar-refractivity contribution in [2.45, 2.75) is 26.3 Å². The highest BCUT2D eigenvalue weighted by Crippen LogP contribution is 2.28. The van der Waals surface area contributed by atoms with Gasteiger partial charge in [0.1, 0.15) is 11.3 Å². The number of carbonyl (C=O) groups excluding carboxylic acids is 1. The van der Waals surface area contributed by atoms with Crippen molar-refractivity contribution in [2.75, 3.05) is 25.1 Å². The number of aryl methyl sites for hydroxylation is 1. The second-order valence-electron chi connectivity index (χ2n) is 6.96. The zero-order chi connectivity index (χ0) is 18.8. The van der Waals surface area contributed by atoms with Crippen LogP contribution in [0.15, 0.2) is 46.9 Å². The third-order valence-electron chi connectivity index (χ3n) is 5.21. The number of hydrogen-bond donors (Lipinski definition) is 1. The molecular weight excluding hydrogens is 340 g/mol. The molecular formula is C22H24N2O3. The van der Waals surface area contributed by atoms with Gasteiger partial charge in [-0.2, -0.15) is 0 Å². The number of fused-ring (bicyclic) bond motifs is 1. The van der Waals surface area contributed by atoms with E-state index in [1.807, 2.05) is 25.1 Å². The predicted molar refractivity (Wildman–Crippen MR) is 107 cm³/mol. The van der Waals surface area contributed by atoms with E-state index in [0.29, 0.717) is 17.9 Å². The first-order valence-corrected chi connectivity index (χ1v) is 9.35. The monoisotopic (exact) mass is 364 g/mol. The normalized spacial score (nSPS) is 13.9. The van der Waals surface area contributed by atoms with E-state index in [1.54, 1.807) is 7.11 Å². The fourth-order valence-electron chi connectivity index (χ4n) is 3.61. The predicted octanol–water partition coefficient (Wildman–Crippen LogP) is 4.28. The van der Waals surface area contributed by atoms with Crippen LogP contribution >= 0.6 is 0 Å². The summed E-state index contributed by atoms with van der Waals surface area (Å²) in [5.74, 6) is 0.898. The van der Waals surface area contributed by atoms with E-state index < -0.39 is 0 Å². The number of furan rings is 1. The molecule has 1 aromatic heterocycles. The largest absolute Gasteiger partial charge is 0.497 e. The Kier molecular flexibility index (Phi) is 4.75. The second-order valence-corrected chi connectivity index (χ2v) is 6.96. The summed E-state index contributed by atoms with van der Waals surface area (Å²) in [6.07, 6.45) is 2.53. The number of amides is 1. The smallest absolute Gasteiger partial charge is 0.287 e. The summed E-state index contributed by atoms with van der Waals surface area (Å²) < 4.78 is 11.0. The minimum absolute atomic E-state index is 0.203. The molecule has 1 aliphatic rings. The van der Waals surface area contributed by atoms with Crippen molar-refractivity contribution >= 4 is 22.6 Å². The van der Waals surface area contributed by atoms with Crippen molar-refractivity contribution in [1.82, 2.24) is 5.32 Å². The molecule has 1 aliphatic heterocycles. The first kappa shape index (κ1) is 17.5. The summed E-state index contributed by atoms with van der Waals surface area (Å²) in [5.41, 5.74) is 3.84. The minimum atomic E-state index is -0.203. The number of ether oxygens (including phenoxy) is 1. The molecule has 140 valence electrons. The van der Waals surface area contributed by atoms with Crippen LogP contribution in [0.2, 0.25) is 0 Å². The minimum Gasteiger partial charge on any atom is -0.497 e. The van der Waals surface area contributed by atoms with Gasteiger partial charge in [-0.25, -0.2) is 0 Å². The first-order chi connectivity index (χ1) is 13.2. The highest BCUT2D eigenvalue weighted by Gasteiger charge is 2.18. The maximum absolute atomic E-state index is 12.6. The van der Waals surface area contributed by atoms with Crippen LogP contribution in [-0.2, 0) is 6.54 Å². The molecule has 2 aromatic carbocycles. The van der Waals surface area contributed by atoms with Crippen molar-refractivity contribution in [3.05, 3.63) is 59.4 Å². The molecule has 27 heavy (non-hydrogen) atoms. The van der Waals surface area contributed by atoms with Gasteiger partial charge in [-0.3, -0.25) is 4.79 Å². The van der Waals surface area contributed by atoms with Crippen molar-refractivity contribution < 1.29 is 13.9 Å². The van der Waals surface area contributed by atoms with E-state index in [2.05, 4.69) is 34.5 Å². The van der Waals surface area contributed by atoms with Gasteiger partial charge in [0.15, 0.2) is 5.76 Å². The van der Waals surface area contributed by atoms with E-state index in [4.69, 9.17) is 9.15 Å². The number of nitrogens with one attached hydrogen (secondary N) is 1. The fourth-order valence-corrected chi connectivity index (χ4v) is 3.61. The summed E-state index contributed by atoms with van der Waals surface area (Å²) in [5, 5.41) is 3.85. The molecule has 1 amide bonds. The second kappa shape index (κ2) is 7.35. The lowest BCUT2D eigenvalue weighted by Crippen LogP contribution is -2.23. The molecule has 0 spiro atoms. The standard InChI is InChI=1S/C22H24N2O3/c1-15-19-13-18(26-2)9-10-20(19)27-21(15)22(25)23-14-16-5-7-17(8-6-16)24-11-3-4-12-24/h5-10,13H,3-4,11-12,14H2,1-2H3,(H,23,25). The lowest BCUT2D eigenvalue weighted by molar-refractivity contribution is 0.0924. The molecule has 3 aromatic rings. The quantitative estimate of drug-likeness (QED) is 0.734. The number of hydrogen-bond acceptors (Lipinski definition) is 4. The molecule has 1 fully saturated rings. The van der Waals surface area contributed by atoms with Gasteiger partial charge >= 0.3 is 0 Å². The summed E-state index contributed by atoms with van der Waals surface area (Å²) in [6, 6.07) is 14.0. The number of benzene rings is 2. The Morgan fingerprint density at radius 3 is 2.59 bits per heavy atom. The first-order valence-electron chi connectivity index (χ1n) is 9.35. The highest BCUT2D eigenvalue weighted by atomic mass is 16.5. The van der Waals surface area contributed by atoms with Gasteiger partial charge in [0.2, 0.25) is 0 Å². The Hall–Kier alpha value is -2.95. The average molecular weight is 364 g/mol. The molecule has 0 aliphatic carbocycles. The van der Waals surface area contributed by atoms with Crippen LogP contribution in [0.5, 0.6) is 5.75 Å². The number of methoxy groups -OCH3 is 1. The van der Waals surface area contributed by atoms with Crippen molar-refractivity contribution in [3.63, 3.8) is 0 Å². The topological polar surface area (TPSA) is 54.7 Å². The SMILES string of the molecule is COc1ccc2oc(C(=O)NCc3ccc(N4CCCC4)cc3)c(C)c2c1. The van der Waals surface area contributed by atoms with E-state index in [0.717, 1.165) is 35.4 Å². The lowest BCUT2D eigenvalue weighted by atomic mass is 10.1. The molecule has 0 radical (unpaired) electrons. The molecule has 5 nitrogen and oxygen atoms in total. The number of nitrogens with zero attached hydrogens (tertiary/aromatic N) is 1. The lowest BCUT2D eigenvalue weighted by Gasteiger charge is -2.17. The van der Waals surface area contributed by atoms with Gasteiger partial charge in [-0.15, -0.1) is 0 Å². The Labute approximate surface area is 158 Å². The van der Waals surface area contributed by atoms with Crippen molar-refractivity contribution in [3.8, 4) is 5.75 Å². The zero-order valence-corrected chi connectivity index (χ0v) is 15.7. The number of rotatable bonds is 5. The van der Waals surface area contributed by atoms with Gasteiger partial charge in [0, 0.05) is 36.3 Å². The van der Waals surface area contributed by atoms with E-state index in [9.17, 15) is 4.79 Å². The highest BCUT2D eigenvalue weighted by molar-refractivity contribution is 5.99. The van der Waals surface area contributed by atoms with Gasteiger partial charge in [0.25, 0.3) is 5.91 Å². The van der Waals surface area contributed by atoms with Crippen molar-refractivity contribution in [2.24, 2.45) is 0 Å². The van der Waals surface area contributed by atoms with Crippen molar-refractivity contribution in [1.29, 1.82) is 0 Å². The van der Waals surface area contributed by atoms with Crippen LogP contribution in [0, 0.1) is 6.92 Å². The van der Waals surface area contributed by atoms with Crippen LogP contribution in [0.3, 0.4) is 0 Å². The Balaban J connectivity index is 1.44. The number of carbonyl (C=O) groups is 1. The molecule has 0 bridgehead atoms. The Morgan fingerprint density at radius 2 is 1.89 bits per heavy atom. The molecule has 4 rings (SSSR count). The third kappa shape index (κ3) is 3.50. The zero-order valence-electron chi connectivity index (χ0n) is 15.7. The van der Waals surface area contributed by atoms with E-state index >= 15 is 0 Å². The van der Waals surface area contributed by atoms with Gasteiger partial charge < -0.3 is 19.4 Å². The Morgan fingerprint density at radius 1 is 1.15 bits per heavy atom. The summed E-state index contributed by atoms with van der Waals surface area (Å²) in [7, 11) is 1.62. The van der Waals surface area contributed by atoms with Crippen LogP contribution in [0.4, 0.5) is 5.69 Å². The fraction of sp³-hybridized carbons (Fsp3) is 0.318. The average Bonchev–Trinajstić information content (AvgIpc) is 3.35. The third-order valence-corrected chi connectivity index (χ3v) is 5.21. The molecule has 2 heterocycles. The van der Waals surface area contributed by atoms with Gasteiger partial charge in [-0.05, 0) is 55.7 Å². The van der Waals surface area contributed by atoms with Gasteiger partial charge in [-0.1, -0.05) is 12.1 Å². The van der Waals surface area contributed by atoms with Crippen LogP contribution < -0.4 is 15.0 Å². The number of anilines is 1. The Bertz CT molecular complexity index is 954. The van der Waals surface area contributed by atoms with Crippen LogP contribution in [0.25, 0.3) is 11.0 Å². The maximum atomic E-state index is 12.6. The van der Waals surface area contributed by atoms with Gasteiger partial charge in [0.05, 0.1) is 7.11 Å². The summed E-state index contributed by atoms with van der Waals surface area (Å²) in [4.78, 5) is 15.0.